The first-order valence-electron chi connectivity index (χ1n) is 10.7. The molecule has 1 saturated carbocycles. The Morgan fingerprint density at radius 2 is 1.90 bits per heavy atom. The van der Waals surface area contributed by atoms with Crippen molar-refractivity contribution in [1.29, 1.82) is 0 Å². The minimum absolute atomic E-state index is 0.121. The van der Waals surface area contributed by atoms with Crippen LogP contribution in [0.2, 0.25) is 0 Å². The lowest BCUT2D eigenvalue weighted by molar-refractivity contribution is -0.136. The SMILES string of the molecule is CC(C)CC(=O)N(Cc1cc(C(=O)NCc2ccc(F)cc2)no1)C1CCCCC1. The van der Waals surface area contributed by atoms with Gasteiger partial charge in [-0.3, -0.25) is 9.59 Å². The highest BCUT2D eigenvalue weighted by Crippen LogP contribution is 2.25. The van der Waals surface area contributed by atoms with Gasteiger partial charge in [-0.1, -0.05) is 50.4 Å². The van der Waals surface area contributed by atoms with Crippen molar-refractivity contribution in [2.24, 2.45) is 5.92 Å². The number of carbonyl (C=O) groups excluding carboxylic acids is 2. The van der Waals surface area contributed by atoms with Gasteiger partial charge in [0, 0.05) is 25.1 Å². The van der Waals surface area contributed by atoms with Gasteiger partial charge in [0.15, 0.2) is 11.5 Å². The summed E-state index contributed by atoms with van der Waals surface area (Å²) in [7, 11) is 0. The molecular weight excluding hydrogens is 385 g/mol. The van der Waals surface area contributed by atoms with Gasteiger partial charge in [0.1, 0.15) is 5.82 Å². The van der Waals surface area contributed by atoms with Crippen LogP contribution in [0.15, 0.2) is 34.9 Å². The Hall–Kier alpha value is -2.70. The molecule has 162 valence electrons. The van der Waals surface area contributed by atoms with E-state index in [9.17, 15) is 14.0 Å². The van der Waals surface area contributed by atoms with Gasteiger partial charge >= 0.3 is 0 Å². The van der Waals surface area contributed by atoms with Crippen LogP contribution in [0.25, 0.3) is 0 Å². The van der Waals surface area contributed by atoms with E-state index in [2.05, 4.69) is 10.5 Å². The van der Waals surface area contributed by atoms with Gasteiger partial charge in [0.2, 0.25) is 5.91 Å². The fraction of sp³-hybridized carbons (Fsp3) is 0.522. The lowest BCUT2D eigenvalue weighted by atomic mass is 9.93. The summed E-state index contributed by atoms with van der Waals surface area (Å²) in [6, 6.07) is 7.75. The maximum atomic E-state index is 13.0. The van der Waals surface area contributed by atoms with Crippen molar-refractivity contribution in [3.8, 4) is 0 Å². The highest BCUT2D eigenvalue weighted by Gasteiger charge is 2.27. The second-order valence-electron chi connectivity index (χ2n) is 8.40. The normalized spacial score (nSPS) is 14.7. The van der Waals surface area contributed by atoms with Crippen molar-refractivity contribution in [2.75, 3.05) is 0 Å². The number of aromatic nitrogens is 1. The van der Waals surface area contributed by atoms with Crippen LogP contribution < -0.4 is 5.32 Å². The zero-order valence-corrected chi connectivity index (χ0v) is 17.7. The first-order valence-corrected chi connectivity index (χ1v) is 10.7. The first-order chi connectivity index (χ1) is 14.4. The lowest BCUT2D eigenvalue weighted by Crippen LogP contribution is -2.41. The predicted molar refractivity (Wildman–Crippen MR) is 111 cm³/mol. The number of hydrogen-bond acceptors (Lipinski definition) is 4. The van der Waals surface area contributed by atoms with E-state index in [0.717, 1.165) is 31.2 Å². The molecule has 1 heterocycles. The molecule has 7 heteroatoms. The van der Waals surface area contributed by atoms with Gasteiger partial charge in [0.25, 0.3) is 5.91 Å². The van der Waals surface area contributed by atoms with Crippen molar-refractivity contribution in [3.05, 3.63) is 53.2 Å². The van der Waals surface area contributed by atoms with Crippen LogP contribution in [0.3, 0.4) is 0 Å². The summed E-state index contributed by atoms with van der Waals surface area (Å²) in [5.74, 6) is 0.221. The molecule has 0 spiro atoms. The molecular formula is C23H30FN3O3. The number of halogens is 1. The van der Waals surface area contributed by atoms with E-state index >= 15 is 0 Å². The summed E-state index contributed by atoms with van der Waals surface area (Å²) in [6.45, 7) is 4.67. The summed E-state index contributed by atoms with van der Waals surface area (Å²) in [4.78, 5) is 27.1. The zero-order valence-electron chi connectivity index (χ0n) is 17.7. The third kappa shape index (κ3) is 6.15. The number of carbonyl (C=O) groups is 2. The highest BCUT2D eigenvalue weighted by molar-refractivity contribution is 5.92. The summed E-state index contributed by atoms with van der Waals surface area (Å²) >= 11 is 0. The van der Waals surface area contributed by atoms with Crippen LogP contribution in [0.4, 0.5) is 4.39 Å². The van der Waals surface area contributed by atoms with Gasteiger partial charge < -0.3 is 14.7 Å². The largest absolute Gasteiger partial charge is 0.359 e. The molecule has 2 amide bonds. The number of amides is 2. The number of nitrogens with one attached hydrogen (secondary N) is 1. The average Bonchev–Trinajstić information content (AvgIpc) is 3.20. The maximum absolute atomic E-state index is 13.0. The highest BCUT2D eigenvalue weighted by atomic mass is 19.1. The third-order valence-corrected chi connectivity index (χ3v) is 5.40. The Morgan fingerprint density at radius 3 is 2.57 bits per heavy atom. The maximum Gasteiger partial charge on any atom is 0.273 e. The van der Waals surface area contributed by atoms with Crippen molar-refractivity contribution in [1.82, 2.24) is 15.4 Å². The van der Waals surface area contributed by atoms with Gasteiger partial charge in [-0.2, -0.15) is 0 Å². The molecule has 2 aromatic rings. The average molecular weight is 416 g/mol. The first kappa shape index (κ1) is 22.0. The Labute approximate surface area is 176 Å². The van der Waals surface area contributed by atoms with Crippen molar-refractivity contribution >= 4 is 11.8 Å². The van der Waals surface area contributed by atoms with Gasteiger partial charge in [-0.05, 0) is 36.5 Å². The lowest BCUT2D eigenvalue weighted by Gasteiger charge is -2.34. The minimum Gasteiger partial charge on any atom is -0.359 e. The van der Waals surface area contributed by atoms with Crippen LogP contribution in [0, 0.1) is 11.7 Å². The molecule has 6 nitrogen and oxygen atoms in total. The van der Waals surface area contributed by atoms with E-state index in [1.807, 2.05) is 18.7 Å². The van der Waals surface area contributed by atoms with Crippen LogP contribution in [-0.4, -0.2) is 27.9 Å². The summed E-state index contributed by atoms with van der Waals surface area (Å²) in [5.41, 5.74) is 0.961. The molecule has 0 bridgehead atoms. The molecule has 0 unspecified atom stereocenters. The second kappa shape index (κ2) is 10.4. The molecule has 1 fully saturated rings. The van der Waals surface area contributed by atoms with Crippen LogP contribution in [0.1, 0.15) is 74.2 Å². The Bertz CT molecular complexity index is 842. The van der Waals surface area contributed by atoms with Gasteiger partial charge in [-0.15, -0.1) is 0 Å². The number of benzene rings is 1. The fourth-order valence-corrected chi connectivity index (χ4v) is 3.82. The molecule has 1 N–H and O–H groups in total. The van der Waals surface area contributed by atoms with Gasteiger partial charge in [-0.25, -0.2) is 4.39 Å². The molecule has 1 aliphatic rings. The fourth-order valence-electron chi connectivity index (χ4n) is 3.82. The van der Waals surface area contributed by atoms with E-state index in [0.29, 0.717) is 18.7 Å². The molecule has 30 heavy (non-hydrogen) atoms. The Kier molecular flexibility index (Phi) is 7.60. The monoisotopic (exact) mass is 415 g/mol. The topological polar surface area (TPSA) is 75.4 Å². The Morgan fingerprint density at radius 1 is 1.20 bits per heavy atom. The number of rotatable bonds is 8. The van der Waals surface area contributed by atoms with E-state index < -0.39 is 0 Å². The van der Waals surface area contributed by atoms with Gasteiger partial charge in [0.05, 0.1) is 6.54 Å². The van der Waals surface area contributed by atoms with Crippen molar-refractivity contribution in [2.45, 2.75) is 71.5 Å². The standard InChI is InChI=1S/C23H30FN3O3/c1-16(2)12-22(28)27(19-6-4-3-5-7-19)15-20-13-21(26-30-20)23(29)25-14-17-8-10-18(24)11-9-17/h8-11,13,16,19H,3-7,12,14-15H2,1-2H3,(H,25,29). The smallest absolute Gasteiger partial charge is 0.273 e. The minimum atomic E-state index is -0.368. The number of hydrogen-bond donors (Lipinski definition) is 1. The molecule has 0 atom stereocenters. The van der Waals surface area contributed by atoms with Crippen LogP contribution >= 0.6 is 0 Å². The van der Waals surface area contributed by atoms with E-state index in [-0.39, 0.29) is 41.8 Å². The molecule has 0 aliphatic heterocycles. The molecule has 1 aromatic carbocycles. The summed E-state index contributed by atoms with van der Waals surface area (Å²) in [6.07, 6.45) is 5.97. The quantitative estimate of drug-likeness (QED) is 0.691. The summed E-state index contributed by atoms with van der Waals surface area (Å²) in [5, 5.41) is 6.63. The van der Waals surface area contributed by atoms with Crippen molar-refractivity contribution < 1.29 is 18.5 Å². The second-order valence-corrected chi connectivity index (χ2v) is 8.40. The third-order valence-electron chi connectivity index (χ3n) is 5.40. The van der Waals surface area contributed by atoms with Crippen LogP contribution in [0.5, 0.6) is 0 Å². The van der Waals surface area contributed by atoms with E-state index in [4.69, 9.17) is 4.52 Å². The van der Waals surface area contributed by atoms with E-state index in [1.54, 1.807) is 18.2 Å². The summed E-state index contributed by atoms with van der Waals surface area (Å²) < 4.78 is 18.4. The molecule has 1 aromatic heterocycles. The molecule has 0 saturated heterocycles. The molecule has 3 rings (SSSR count). The zero-order chi connectivity index (χ0) is 21.5. The predicted octanol–water partition coefficient (Wildman–Crippen LogP) is 4.45. The Balaban J connectivity index is 1.62. The van der Waals surface area contributed by atoms with Crippen LogP contribution in [-0.2, 0) is 17.9 Å². The van der Waals surface area contributed by atoms with Crippen molar-refractivity contribution in [3.63, 3.8) is 0 Å². The molecule has 1 aliphatic carbocycles. The molecule has 0 radical (unpaired) electrons. The van der Waals surface area contributed by atoms with E-state index in [1.165, 1.54) is 18.6 Å². The number of nitrogens with zero attached hydrogens (tertiary/aromatic N) is 2.